The molecule has 0 aromatic heterocycles. The molecule has 2 saturated heterocycles. The van der Waals surface area contributed by atoms with E-state index in [2.05, 4.69) is 5.32 Å². The van der Waals surface area contributed by atoms with E-state index >= 15 is 0 Å². The van der Waals surface area contributed by atoms with Crippen molar-refractivity contribution in [2.24, 2.45) is 17.6 Å². The molecule has 2 aliphatic rings. The normalized spacial score (nSPS) is 23.3. The van der Waals surface area contributed by atoms with Crippen molar-refractivity contribution in [2.45, 2.75) is 6.04 Å². The van der Waals surface area contributed by atoms with Crippen LogP contribution < -0.4 is 15.8 Å². The first-order valence-electron chi connectivity index (χ1n) is 9.24. The molecule has 152 valence electrons. The summed E-state index contributed by atoms with van der Waals surface area (Å²) in [6, 6.07) is 6.84. The molecule has 0 spiro atoms. The highest BCUT2D eigenvalue weighted by molar-refractivity contribution is 5.83. The van der Waals surface area contributed by atoms with Gasteiger partial charge in [0.05, 0.1) is 19.7 Å². The Balaban J connectivity index is 1.81. The Morgan fingerprint density at radius 3 is 2.43 bits per heavy atom. The Hall–Kier alpha value is -2.97. The van der Waals surface area contributed by atoms with Crippen molar-refractivity contribution in [2.75, 3.05) is 47.4 Å². The molecule has 0 radical (unpaired) electrons. The number of methoxy groups -OCH3 is 1. The molecule has 28 heavy (non-hydrogen) atoms. The third-order valence-electron chi connectivity index (χ3n) is 5.52. The zero-order valence-corrected chi connectivity index (χ0v) is 16.4. The van der Waals surface area contributed by atoms with Crippen LogP contribution in [0.3, 0.4) is 0 Å². The van der Waals surface area contributed by atoms with Gasteiger partial charge in [-0.3, -0.25) is 4.79 Å². The van der Waals surface area contributed by atoms with E-state index in [0.717, 1.165) is 11.3 Å². The average molecular weight is 389 g/mol. The van der Waals surface area contributed by atoms with Gasteiger partial charge < -0.3 is 30.5 Å². The van der Waals surface area contributed by atoms with Crippen LogP contribution in [0.2, 0.25) is 0 Å². The zero-order chi connectivity index (χ0) is 20.4. The van der Waals surface area contributed by atoms with Crippen LogP contribution in [0.5, 0.6) is 5.75 Å². The third kappa shape index (κ3) is 3.83. The van der Waals surface area contributed by atoms with Gasteiger partial charge in [-0.1, -0.05) is 12.1 Å². The van der Waals surface area contributed by atoms with Crippen molar-refractivity contribution < 1.29 is 19.1 Å². The van der Waals surface area contributed by atoms with Gasteiger partial charge in [0, 0.05) is 45.6 Å². The number of hydrogen-bond donors (Lipinski definition) is 2. The Morgan fingerprint density at radius 2 is 1.86 bits per heavy atom. The van der Waals surface area contributed by atoms with E-state index in [4.69, 9.17) is 10.5 Å². The third-order valence-corrected chi connectivity index (χ3v) is 5.52. The Kier molecular flexibility index (Phi) is 5.62. The Bertz CT molecular complexity index is 751. The average Bonchev–Trinajstić information content (AvgIpc) is 3.23. The summed E-state index contributed by atoms with van der Waals surface area (Å²) in [5.41, 5.74) is 6.07. The van der Waals surface area contributed by atoms with Gasteiger partial charge in [-0.05, 0) is 17.7 Å². The van der Waals surface area contributed by atoms with Gasteiger partial charge in [-0.2, -0.15) is 0 Å². The van der Waals surface area contributed by atoms with E-state index in [1.54, 1.807) is 31.0 Å². The summed E-state index contributed by atoms with van der Waals surface area (Å²) >= 11 is 0. The lowest BCUT2D eigenvalue weighted by Gasteiger charge is -2.32. The molecule has 2 aliphatic heterocycles. The number of nitrogens with two attached hydrogens (primary N) is 1. The molecule has 0 aliphatic carbocycles. The number of hydrogen-bond acceptors (Lipinski definition) is 4. The summed E-state index contributed by atoms with van der Waals surface area (Å²) in [4.78, 5) is 41.2. The second kappa shape index (κ2) is 7.95. The summed E-state index contributed by atoms with van der Waals surface area (Å²) in [7, 11) is 5.10. The Morgan fingerprint density at radius 1 is 1.18 bits per heavy atom. The quantitative estimate of drug-likeness (QED) is 0.781. The highest BCUT2D eigenvalue weighted by atomic mass is 16.5. The van der Waals surface area contributed by atoms with Gasteiger partial charge in [-0.25, -0.2) is 9.59 Å². The number of primary amides is 1. The van der Waals surface area contributed by atoms with Crippen molar-refractivity contribution in [3.8, 4) is 5.75 Å². The monoisotopic (exact) mass is 389 g/mol. The molecule has 3 atom stereocenters. The van der Waals surface area contributed by atoms with E-state index in [9.17, 15) is 14.4 Å². The fourth-order valence-electron chi connectivity index (χ4n) is 4.21. The van der Waals surface area contributed by atoms with Gasteiger partial charge in [0.15, 0.2) is 0 Å². The first kappa shape index (κ1) is 19.8. The van der Waals surface area contributed by atoms with Crippen LogP contribution in [-0.2, 0) is 4.79 Å². The highest BCUT2D eigenvalue weighted by Crippen LogP contribution is 2.45. The molecule has 2 heterocycles. The van der Waals surface area contributed by atoms with E-state index in [1.165, 1.54) is 0 Å². The standard InChI is InChI=1S/C19H27N5O4/c1-22(2)19(27)24-10-13-9-23(16(25)8-21-18(20)26)11-15(13)17(24)12-4-6-14(28-3)7-5-12/h4-7,13,15,17H,8-11H2,1-3H3,(H3,20,21,26)/t13-,15-,17+/m1/s1. The Labute approximate surface area is 164 Å². The SMILES string of the molecule is COc1ccc([C@H]2[C@@H]3CN(C(=O)CNC(N)=O)C[C@@H]3CN2C(=O)N(C)C)cc1. The van der Waals surface area contributed by atoms with Crippen molar-refractivity contribution in [3.05, 3.63) is 29.8 Å². The number of carbonyl (C=O) groups is 3. The number of benzene rings is 1. The second-order valence-corrected chi connectivity index (χ2v) is 7.49. The van der Waals surface area contributed by atoms with Crippen LogP contribution in [0, 0.1) is 11.8 Å². The minimum atomic E-state index is -0.716. The van der Waals surface area contributed by atoms with Gasteiger partial charge in [0.1, 0.15) is 5.75 Å². The molecule has 0 saturated carbocycles. The first-order chi connectivity index (χ1) is 13.3. The first-order valence-corrected chi connectivity index (χ1v) is 9.24. The molecule has 1 aromatic carbocycles. The molecule has 5 amide bonds. The number of likely N-dealkylation sites (tertiary alicyclic amines) is 2. The number of rotatable bonds is 4. The number of nitrogens with zero attached hydrogens (tertiary/aromatic N) is 3. The molecule has 2 fully saturated rings. The number of nitrogens with one attached hydrogen (secondary N) is 1. The van der Waals surface area contributed by atoms with Crippen LogP contribution in [0.1, 0.15) is 11.6 Å². The number of amides is 5. The molecule has 9 heteroatoms. The van der Waals surface area contributed by atoms with Crippen LogP contribution in [0.15, 0.2) is 24.3 Å². The fraction of sp³-hybridized carbons (Fsp3) is 0.526. The van der Waals surface area contributed by atoms with E-state index < -0.39 is 6.03 Å². The summed E-state index contributed by atoms with van der Waals surface area (Å²) in [6.07, 6.45) is 0. The minimum Gasteiger partial charge on any atom is -0.497 e. The maximum Gasteiger partial charge on any atom is 0.320 e. The topological polar surface area (TPSA) is 108 Å². The molecular formula is C19H27N5O4. The van der Waals surface area contributed by atoms with Gasteiger partial charge in [0.2, 0.25) is 5.91 Å². The molecule has 3 rings (SSSR count). The predicted molar refractivity (Wildman–Crippen MR) is 103 cm³/mol. The van der Waals surface area contributed by atoms with Crippen molar-refractivity contribution in [1.29, 1.82) is 0 Å². The molecule has 9 nitrogen and oxygen atoms in total. The largest absolute Gasteiger partial charge is 0.497 e. The van der Waals surface area contributed by atoms with E-state index in [1.807, 2.05) is 29.2 Å². The van der Waals surface area contributed by atoms with Crippen molar-refractivity contribution >= 4 is 18.0 Å². The lowest BCUT2D eigenvalue weighted by Crippen LogP contribution is -2.44. The summed E-state index contributed by atoms with van der Waals surface area (Å²) in [5, 5.41) is 2.35. The van der Waals surface area contributed by atoms with Crippen LogP contribution in [0.25, 0.3) is 0 Å². The molecule has 1 aromatic rings. The maximum absolute atomic E-state index is 12.8. The summed E-state index contributed by atoms with van der Waals surface area (Å²) in [6.45, 7) is 1.58. The van der Waals surface area contributed by atoms with Crippen molar-refractivity contribution in [1.82, 2.24) is 20.0 Å². The van der Waals surface area contributed by atoms with E-state index in [-0.39, 0.29) is 36.4 Å². The summed E-state index contributed by atoms with van der Waals surface area (Å²) < 4.78 is 5.24. The number of ether oxygens (including phenoxy) is 1. The maximum atomic E-state index is 12.8. The van der Waals surface area contributed by atoms with Crippen molar-refractivity contribution in [3.63, 3.8) is 0 Å². The lowest BCUT2D eigenvalue weighted by atomic mass is 9.89. The molecule has 0 bridgehead atoms. The number of urea groups is 2. The molecule has 3 N–H and O–H groups in total. The predicted octanol–water partition coefficient (Wildman–Crippen LogP) is 0.476. The van der Waals surface area contributed by atoms with Crippen LogP contribution >= 0.6 is 0 Å². The number of fused-ring (bicyclic) bond motifs is 1. The van der Waals surface area contributed by atoms with Gasteiger partial charge >= 0.3 is 12.1 Å². The van der Waals surface area contributed by atoms with Crippen LogP contribution in [0.4, 0.5) is 9.59 Å². The van der Waals surface area contributed by atoms with Gasteiger partial charge in [-0.15, -0.1) is 0 Å². The second-order valence-electron chi connectivity index (χ2n) is 7.49. The van der Waals surface area contributed by atoms with Crippen LogP contribution in [-0.4, -0.2) is 80.1 Å². The van der Waals surface area contributed by atoms with Gasteiger partial charge in [0.25, 0.3) is 0 Å². The van der Waals surface area contributed by atoms with E-state index in [0.29, 0.717) is 19.6 Å². The minimum absolute atomic E-state index is 0.0384. The molecular weight excluding hydrogens is 362 g/mol. The molecule has 0 unspecified atom stereocenters. The zero-order valence-electron chi connectivity index (χ0n) is 16.4. The summed E-state index contributed by atoms with van der Waals surface area (Å²) in [5.74, 6) is 0.917. The highest BCUT2D eigenvalue weighted by Gasteiger charge is 2.50. The lowest BCUT2D eigenvalue weighted by molar-refractivity contribution is -0.129. The number of carbonyl (C=O) groups excluding carboxylic acids is 3. The fourth-order valence-corrected chi connectivity index (χ4v) is 4.21. The smallest absolute Gasteiger partial charge is 0.320 e.